The standard InChI is InChI=1S/C17H17N3O7S/c1-11(12(2)21)17(13-7-9-14(10-8-13)19(22)23)18-28(26,27)16-6-4-3-5-15(16)20(24)25/h3-11,17-18H,1-2H3/t11-,17+/m0/s1. The molecule has 148 valence electrons. The third-order valence-corrected chi connectivity index (χ3v) is 5.73. The van der Waals surface area contributed by atoms with Crippen LogP contribution < -0.4 is 4.72 Å². The summed E-state index contributed by atoms with van der Waals surface area (Å²) in [5.74, 6) is -1.15. The van der Waals surface area contributed by atoms with Crippen molar-refractivity contribution >= 4 is 27.2 Å². The normalized spacial score (nSPS) is 13.5. The smallest absolute Gasteiger partial charge is 0.289 e. The molecule has 2 atom stereocenters. The molecule has 0 aromatic heterocycles. The quantitative estimate of drug-likeness (QED) is 0.522. The number of hydrogen-bond acceptors (Lipinski definition) is 7. The average molecular weight is 407 g/mol. The molecule has 2 rings (SSSR count). The van der Waals surface area contributed by atoms with Crippen molar-refractivity contribution in [1.82, 2.24) is 4.72 Å². The summed E-state index contributed by atoms with van der Waals surface area (Å²) in [5.41, 5.74) is -0.483. The minimum absolute atomic E-state index is 0.195. The van der Waals surface area contributed by atoms with Crippen LogP contribution >= 0.6 is 0 Å². The Balaban J connectivity index is 2.50. The summed E-state index contributed by atoms with van der Waals surface area (Å²) in [6.07, 6.45) is 0. The second-order valence-electron chi connectivity index (χ2n) is 6.07. The zero-order valence-electron chi connectivity index (χ0n) is 14.9. The first-order chi connectivity index (χ1) is 13.0. The molecule has 0 heterocycles. The molecule has 0 aliphatic carbocycles. The highest BCUT2D eigenvalue weighted by Crippen LogP contribution is 2.29. The van der Waals surface area contributed by atoms with Gasteiger partial charge in [-0.15, -0.1) is 0 Å². The van der Waals surface area contributed by atoms with Gasteiger partial charge in [0.1, 0.15) is 5.78 Å². The zero-order valence-corrected chi connectivity index (χ0v) is 15.8. The number of rotatable bonds is 8. The Hall–Kier alpha value is -3.18. The van der Waals surface area contributed by atoms with E-state index < -0.39 is 42.4 Å². The molecule has 11 heteroatoms. The third kappa shape index (κ3) is 4.56. The van der Waals surface area contributed by atoms with Gasteiger partial charge in [0.05, 0.1) is 15.9 Å². The number of nitrogens with one attached hydrogen (secondary N) is 1. The molecule has 10 nitrogen and oxygen atoms in total. The first kappa shape index (κ1) is 21.1. The number of benzene rings is 2. The summed E-state index contributed by atoms with van der Waals surface area (Å²) >= 11 is 0. The van der Waals surface area contributed by atoms with Gasteiger partial charge in [-0.25, -0.2) is 13.1 Å². The van der Waals surface area contributed by atoms with E-state index in [0.717, 1.165) is 12.1 Å². The lowest BCUT2D eigenvalue weighted by Gasteiger charge is -2.23. The number of hydrogen-bond donors (Lipinski definition) is 1. The number of para-hydroxylation sites is 1. The Morgan fingerprint density at radius 1 is 1.00 bits per heavy atom. The van der Waals surface area contributed by atoms with E-state index in [0.29, 0.717) is 5.56 Å². The Kier molecular flexibility index (Phi) is 6.21. The number of nitro benzene ring substituents is 2. The fourth-order valence-electron chi connectivity index (χ4n) is 2.56. The lowest BCUT2D eigenvalue weighted by molar-refractivity contribution is -0.387. The molecule has 2 aromatic carbocycles. The first-order valence-corrected chi connectivity index (χ1v) is 9.53. The van der Waals surface area contributed by atoms with Crippen molar-refractivity contribution in [1.29, 1.82) is 0 Å². The van der Waals surface area contributed by atoms with E-state index in [4.69, 9.17) is 0 Å². The van der Waals surface area contributed by atoms with Gasteiger partial charge in [0.25, 0.3) is 11.4 Å². The number of non-ortho nitro benzene ring substituents is 1. The van der Waals surface area contributed by atoms with Crippen LogP contribution in [0.2, 0.25) is 0 Å². The Labute approximate surface area is 160 Å². The highest BCUT2D eigenvalue weighted by Gasteiger charge is 2.32. The molecule has 2 aromatic rings. The van der Waals surface area contributed by atoms with E-state index in [-0.39, 0.29) is 11.5 Å². The van der Waals surface area contributed by atoms with E-state index in [1.54, 1.807) is 0 Å². The van der Waals surface area contributed by atoms with Crippen LogP contribution in [0.4, 0.5) is 11.4 Å². The number of nitro groups is 2. The van der Waals surface area contributed by atoms with E-state index >= 15 is 0 Å². The van der Waals surface area contributed by atoms with Gasteiger partial charge in [0.15, 0.2) is 4.90 Å². The molecule has 0 radical (unpaired) electrons. The summed E-state index contributed by atoms with van der Waals surface area (Å²) < 4.78 is 27.9. The van der Waals surface area contributed by atoms with Crippen molar-refractivity contribution in [2.24, 2.45) is 5.92 Å². The van der Waals surface area contributed by atoms with Gasteiger partial charge in [0, 0.05) is 24.1 Å². The lowest BCUT2D eigenvalue weighted by Crippen LogP contribution is -2.35. The number of carbonyl (C=O) groups is 1. The van der Waals surface area contributed by atoms with E-state index in [1.807, 2.05) is 0 Å². The van der Waals surface area contributed by atoms with Crippen LogP contribution in [0.15, 0.2) is 53.4 Å². The molecule has 28 heavy (non-hydrogen) atoms. The number of Topliss-reactive ketones (excluding diaryl/α,β-unsaturated/α-hetero) is 1. The predicted octanol–water partition coefficient (Wildman–Crippen LogP) is 2.75. The number of nitrogens with zero attached hydrogens (tertiary/aromatic N) is 2. The maximum absolute atomic E-state index is 12.8. The number of carbonyl (C=O) groups excluding carboxylic acids is 1. The van der Waals surface area contributed by atoms with Gasteiger partial charge in [-0.3, -0.25) is 25.0 Å². The van der Waals surface area contributed by atoms with Crippen LogP contribution in [0, 0.1) is 26.1 Å². The van der Waals surface area contributed by atoms with Crippen LogP contribution in [0.5, 0.6) is 0 Å². The molecule has 0 fully saturated rings. The van der Waals surface area contributed by atoms with E-state index in [1.165, 1.54) is 50.2 Å². The van der Waals surface area contributed by atoms with Crippen molar-refractivity contribution in [2.75, 3.05) is 0 Å². The molecule has 0 aliphatic heterocycles. The number of ketones is 1. The molecule has 0 saturated heterocycles. The minimum atomic E-state index is -4.37. The highest BCUT2D eigenvalue weighted by atomic mass is 32.2. The maximum Gasteiger partial charge on any atom is 0.289 e. The van der Waals surface area contributed by atoms with Crippen LogP contribution in [0.1, 0.15) is 25.5 Å². The summed E-state index contributed by atoms with van der Waals surface area (Å²) in [7, 11) is -4.37. The monoisotopic (exact) mass is 407 g/mol. The van der Waals surface area contributed by atoms with Gasteiger partial charge in [-0.05, 0) is 18.6 Å². The first-order valence-electron chi connectivity index (χ1n) is 8.05. The molecule has 1 N–H and O–H groups in total. The molecular formula is C17H17N3O7S. The van der Waals surface area contributed by atoms with Crippen LogP contribution in [0.3, 0.4) is 0 Å². The Morgan fingerprint density at radius 3 is 2.07 bits per heavy atom. The summed E-state index contributed by atoms with van der Waals surface area (Å²) in [6, 6.07) is 8.82. The van der Waals surface area contributed by atoms with Gasteiger partial charge in [0.2, 0.25) is 10.0 Å². The van der Waals surface area contributed by atoms with Crippen LogP contribution in [-0.2, 0) is 14.8 Å². The van der Waals surface area contributed by atoms with Gasteiger partial charge in [-0.1, -0.05) is 31.2 Å². The van der Waals surface area contributed by atoms with Gasteiger partial charge in [-0.2, -0.15) is 0 Å². The van der Waals surface area contributed by atoms with E-state index in [2.05, 4.69) is 4.72 Å². The second kappa shape index (κ2) is 8.23. The largest absolute Gasteiger partial charge is 0.300 e. The SMILES string of the molecule is CC(=O)[C@H](C)[C@@H](NS(=O)(=O)c1ccccc1[N+](=O)[O-])c1ccc([N+](=O)[O-])cc1. The molecule has 0 spiro atoms. The third-order valence-electron chi connectivity index (χ3n) is 4.24. The Bertz CT molecular complexity index is 1020. The molecule has 0 saturated carbocycles. The molecule has 0 bridgehead atoms. The average Bonchev–Trinajstić information content (AvgIpc) is 2.65. The molecule has 0 unspecified atom stereocenters. The maximum atomic E-state index is 12.8. The summed E-state index contributed by atoms with van der Waals surface area (Å²) in [4.78, 5) is 31.9. The van der Waals surface area contributed by atoms with E-state index in [9.17, 15) is 33.4 Å². The van der Waals surface area contributed by atoms with Crippen molar-refractivity contribution in [2.45, 2.75) is 24.8 Å². The zero-order chi connectivity index (χ0) is 21.1. The Morgan fingerprint density at radius 2 is 1.57 bits per heavy atom. The van der Waals surface area contributed by atoms with Gasteiger partial charge < -0.3 is 0 Å². The minimum Gasteiger partial charge on any atom is -0.300 e. The van der Waals surface area contributed by atoms with Crippen molar-refractivity contribution in [3.8, 4) is 0 Å². The second-order valence-corrected chi connectivity index (χ2v) is 7.75. The lowest BCUT2D eigenvalue weighted by atomic mass is 9.92. The fraction of sp³-hybridized carbons (Fsp3) is 0.235. The van der Waals surface area contributed by atoms with Crippen molar-refractivity contribution in [3.63, 3.8) is 0 Å². The fourth-order valence-corrected chi connectivity index (χ4v) is 4.04. The van der Waals surface area contributed by atoms with Crippen molar-refractivity contribution < 1.29 is 23.1 Å². The van der Waals surface area contributed by atoms with Crippen molar-refractivity contribution in [3.05, 3.63) is 74.3 Å². The summed E-state index contributed by atoms with van der Waals surface area (Å²) in [5, 5.41) is 22.0. The topological polar surface area (TPSA) is 150 Å². The molecular weight excluding hydrogens is 390 g/mol. The molecule has 0 aliphatic rings. The van der Waals surface area contributed by atoms with Gasteiger partial charge >= 0.3 is 0 Å². The highest BCUT2D eigenvalue weighted by molar-refractivity contribution is 7.89. The van der Waals surface area contributed by atoms with Crippen LogP contribution in [-0.4, -0.2) is 24.0 Å². The molecule has 0 amide bonds. The number of sulfonamides is 1. The predicted molar refractivity (Wildman–Crippen MR) is 99.1 cm³/mol. The van der Waals surface area contributed by atoms with Crippen LogP contribution in [0.25, 0.3) is 0 Å². The summed E-state index contributed by atoms with van der Waals surface area (Å²) in [6.45, 7) is 2.78.